The molecule has 6 aliphatic rings. The molecule has 4 aliphatic carbocycles. The van der Waals surface area contributed by atoms with Crippen LogP contribution in [0.2, 0.25) is 0 Å². The van der Waals surface area contributed by atoms with E-state index >= 15 is 0 Å². The maximum atomic E-state index is 13.2. The summed E-state index contributed by atoms with van der Waals surface area (Å²) in [4.78, 5) is 27.6. The Labute approximate surface area is 156 Å². The summed E-state index contributed by atoms with van der Waals surface area (Å²) < 4.78 is 5.54. The lowest BCUT2D eigenvalue weighted by Gasteiger charge is -2.56. The summed E-state index contributed by atoms with van der Waals surface area (Å²) in [5.74, 6) is 2.91. The molecule has 1 N–H and O–H groups in total. The van der Waals surface area contributed by atoms with Crippen LogP contribution in [0.25, 0.3) is 0 Å². The van der Waals surface area contributed by atoms with Gasteiger partial charge < -0.3 is 15.0 Å². The van der Waals surface area contributed by atoms with E-state index in [2.05, 4.69) is 5.32 Å². The van der Waals surface area contributed by atoms with Crippen LogP contribution >= 0.6 is 0 Å². The van der Waals surface area contributed by atoms with E-state index in [4.69, 9.17) is 4.74 Å². The number of ether oxygens (including phenoxy) is 1. The summed E-state index contributed by atoms with van der Waals surface area (Å²) in [6.07, 6.45) is 10.9. The Kier molecular flexibility index (Phi) is 4.26. The van der Waals surface area contributed by atoms with Gasteiger partial charge in [-0.25, -0.2) is 0 Å². The van der Waals surface area contributed by atoms with E-state index in [1.165, 1.54) is 19.3 Å². The van der Waals surface area contributed by atoms with E-state index < -0.39 is 0 Å². The first-order valence-electron chi connectivity index (χ1n) is 10.8. The van der Waals surface area contributed by atoms with Crippen molar-refractivity contribution in [2.24, 2.45) is 23.2 Å². The largest absolute Gasteiger partial charge is 0.368 e. The first-order valence-corrected chi connectivity index (χ1v) is 10.8. The third-order valence-corrected chi connectivity index (χ3v) is 7.87. The van der Waals surface area contributed by atoms with Crippen LogP contribution < -0.4 is 5.32 Å². The van der Waals surface area contributed by atoms with Gasteiger partial charge in [-0.15, -0.1) is 0 Å². The lowest BCUT2D eigenvalue weighted by atomic mass is 9.49. The number of rotatable bonds is 3. The van der Waals surface area contributed by atoms with E-state index in [0.29, 0.717) is 12.5 Å². The van der Waals surface area contributed by atoms with Crippen LogP contribution in [0.15, 0.2) is 0 Å². The number of hydrogen-bond acceptors (Lipinski definition) is 3. The van der Waals surface area contributed by atoms with Crippen LogP contribution in [-0.2, 0) is 14.3 Å². The number of hydrogen-bond donors (Lipinski definition) is 1. The molecule has 5 nitrogen and oxygen atoms in total. The molecule has 6 fully saturated rings. The minimum atomic E-state index is -0.215. The van der Waals surface area contributed by atoms with Crippen LogP contribution in [0, 0.1) is 23.2 Å². The zero-order chi connectivity index (χ0) is 17.7. The van der Waals surface area contributed by atoms with E-state index in [-0.39, 0.29) is 23.5 Å². The Morgan fingerprint density at radius 3 is 2.08 bits per heavy atom. The molecule has 0 radical (unpaired) electrons. The average molecular weight is 360 g/mol. The number of amides is 2. The summed E-state index contributed by atoms with van der Waals surface area (Å²) in [6, 6.07) is 0.240. The van der Waals surface area contributed by atoms with Gasteiger partial charge in [-0.1, -0.05) is 0 Å². The molecular weight excluding hydrogens is 328 g/mol. The molecule has 144 valence electrons. The predicted molar refractivity (Wildman–Crippen MR) is 97.3 cm³/mol. The van der Waals surface area contributed by atoms with Crippen molar-refractivity contribution in [1.29, 1.82) is 0 Å². The third-order valence-electron chi connectivity index (χ3n) is 7.87. The van der Waals surface area contributed by atoms with Gasteiger partial charge in [0.25, 0.3) is 5.91 Å². The molecule has 1 unspecified atom stereocenters. The van der Waals surface area contributed by atoms with Gasteiger partial charge in [-0.05, 0) is 82.0 Å². The molecule has 0 aromatic rings. The number of likely N-dealkylation sites (tertiary alicyclic amines) is 1. The van der Waals surface area contributed by atoms with Crippen LogP contribution in [0.1, 0.15) is 64.2 Å². The minimum absolute atomic E-state index is 0.0562. The number of nitrogens with one attached hydrogen (secondary N) is 1. The standard InChI is InChI=1S/C21H32N2O3/c24-19(18-2-1-7-26-18)23-5-3-17(4-6-23)22-20(25)21-11-14-8-15(12-21)10-16(9-14)13-21/h14-18H,1-13H2,(H,22,25). The van der Waals surface area contributed by atoms with Gasteiger partial charge in [0.15, 0.2) is 0 Å². The van der Waals surface area contributed by atoms with Gasteiger partial charge in [-0.3, -0.25) is 9.59 Å². The van der Waals surface area contributed by atoms with Gasteiger partial charge in [-0.2, -0.15) is 0 Å². The average Bonchev–Trinajstić information content (AvgIpc) is 3.15. The molecule has 0 spiro atoms. The lowest BCUT2D eigenvalue weighted by Crippen LogP contribution is -2.56. The molecule has 26 heavy (non-hydrogen) atoms. The van der Waals surface area contributed by atoms with Gasteiger partial charge in [0.2, 0.25) is 5.91 Å². The second kappa shape index (κ2) is 6.50. The Morgan fingerprint density at radius 2 is 1.54 bits per heavy atom. The van der Waals surface area contributed by atoms with Crippen LogP contribution in [0.3, 0.4) is 0 Å². The summed E-state index contributed by atoms with van der Waals surface area (Å²) in [7, 11) is 0. The highest BCUT2D eigenvalue weighted by molar-refractivity contribution is 5.84. The van der Waals surface area contributed by atoms with Crippen LogP contribution in [0.4, 0.5) is 0 Å². The van der Waals surface area contributed by atoms with E-state index in [1.807, 2.05) is 4.90 Å². The SMILES string of the molecule is O=C(C1CCCO1)N1CCC(NC(=O)C23CC4CC(CC(C4)C2)C3)CC1. The molecule has 0 aromatic carbocycles. The monoisotopic (exact) mass is 360 g/mol. The highest BCUT2D eigenvalue weighted by Gasteiger charge is 2.54. The van der Waals surface area contributed by atoms with Gasteiger partial charge >= 0.3 is 0 Å². The van der Waals surface area contributed by atoms with Crippen molar-refractivity contribution in [3.8, 4) is 0 Å². The van der Waals surface area contributed by atoms with Gasteiger partial charge in [0.1, 0.15) is 6.10 Å². The highest BCUT2D eigenvalue weighted by Crippen LogP contribution is 2.60. The molecule has 2 aliphatic heterocycles. The minimum Gasteiger partial charge on any atom is -0.368 e. The fourth-order valence-corrected chi connectivity index (χ4v) is 6.95. The van der Waals surface area contributed by atoms with Crippen molar-refractivity contribution in [3.05, 3.63) is 0 Å². The van der Waals surface area contributed by atoms with Crippen molar-refractivity contribution in [3.63, 3.8) is 0 Å². The van der Waals surface area contributed by atoms with Crippen molar-refractivity contribution in [2.75, 3.05) is 19.7 Å². The summed E-state index contributed by atoms with van der Waals surface area (Å²) in [5.41, 5.74) is -0.0562. The van der Waals surface area contributed by atoms with E-state index in [1.54, 1.807) is 0 Å². The molecule has 2 saturated heterocycles. The fraction of sp³-hybridized carbons (Fsp3) is 0.905. The van der Waals surface area contributed by atoms with E-state index in [9.17, 15) is 9.59 Å². The molecule has 2 heterocycles. The zero-order valence-corrected chi connectivity index (χ0v) is 15.8. The molecule has 4 saturated carbocycles. The first kappa shape index (κ1) is 17.0. The Hall–Kier alpha value is -1.10. The van der Waals surface area contributed by atoms with Crippen molar-refractivity contribution < 1.29 is 14.3 Å². The van der Waals surface area contributed by atoms with Crippen LogP contribution in [-0.4, -0.2) is 48.6 Å². The molecule has 0 aromatic heterocycles. The molecule has 2 amide bonds. The second-order valence-corrected chi connectivity index (χ2v) is 9.77. The molecule has 6 rings (SSSR count). The van der Waals surface area contributed by atoms with Gasteiger partial charge in [0, 0.05) is 31.2 Å². The normalized spacial score (nSPS) is 42.2. The summed E-state index contributed by atoms with van der Waals surface area (Å²) in [6.45, 7) is 2.23. The molecule has 5 heteroatoms. The molecule has 1 atom stereocenters. The third kappa shape index (κ3) is 2.96. The Balaban J connectivity index is 1.15. The van der Waals surface area contributed by atoms with Crippen molar-refractivity contribution in [2.45, 2.75) is 76.4 Å². The Morgan fingerprint density at radius 1 is 0.923 bits per heavy atom. The van der Waals surface area contributed by atoms with E-state index in [0.717, 1.165) is 75.8 Å². The van der Waals surface area contributed by atoms with Gasteiger partial charge in [0.05, 0.1) is 0 Å². The topological polar surface area (TPSA) is 58.6 Å². The number of carbonyl (C=O) groups excluding carboxylic acids is 2. The first-order chi connectivity index (χ1) is 12.6. The second-order valence-electron chi connectivity index (χ2n) is 9.77. The van der Waals surface area contributed by atoms with Crippen molar-refractivity contribution >= 4 is 11.8 Å². The number of piperidine rings is 1. The predicted octanol–water partition coefficient (Wildman–Crippen LogP) is 2.49. The summed E-state index contributed by atoms with van der Waals surface area (Å²) in [5, 5.41) is 3.40. The number of nitrogens with zero attached hydrogens (tertiary/aromatic N) is 1. The molecule has 4 bridgehead atoms. The van der Waals surface area contributed by atoms with Crippen molar-refractivity contribution in [1.82, 2.24) is 10.2 Å². The summed E-state index contributed by atoms with van der Waals surface area (Å²) >= 11 is 0. The lowest BCUT2D eigenvalue weighted by molar-refractivity contribution is -0.147. The number of carbonyl (C=O) groups is 2. The fourth-order valence-electron chi connectivity index (χ4n) is 6.95. The molecular formula is C21H32N2O3. The zero-order valence-electron chi connectivity index (χ0n) is 15.8. The maximum absolute atomic E-state index is 13.2. The van der Waals surface area contributed by atoms with Crippen LogP contribution in [0.5, 0.6) is 0 Å². The maximum Gasteiger partial charge on any atom is 0.251 e. The quantitative estimate of drug-likeness (QED) is 0.841. The smallest absolute Gasteiger partial charge is 0.251 e. The highest BCUT2D eigenvalue weighted by atomic mass is 16.5. The Bertz CT molecular complexity index is 541.